The van der Waals surface area contributed by atoms with Gasteiger partial charge in [0.25, 0.3) is 0 Å². The summed E-state index contributed by atoms with van der Waals surface area (Å²) in [7, 11) is 0. The van der Waals surface area contributed by atoms with Crippen LogP contribution in [0, 0.1) is 6.92 Å². The minimum absolute atomic E-state index is 0.0536. The topological polar surface area (TPSA) is 29.9 Å². The van der Waals surface area contributed by atoms with Crippen molar-refractivity contribution in [3.8, 4) is 39.1 Å². The Morgan fingerprint density at radius 3 is 1.86 bits per heavy atom. The monoisotopic (exact) mass is 841 g/mol. The molecule has 0 aliphatic carbocycles. The van der Waals surface area contributed by atoms with Crippen molar-refractivity contribution in [3.63, 3.8) is 0 Å². The Morgan fingerprint density at radius 2 is 1.09 bits per heavy atom. The summed E-state index contributed by atoms with van der Waals surface area (Å²) < 4.78 is 2.35. The van der Waals surface area contributed by atoms with Crippen LogP contribution in [-0.2, 0) is 0 Å². The van der Waals surface area contributed by atoms with E-state index < -0.39 is 0 Å². The normalized spacial score (nSPS) is 13.8. The van der Waals surface area contributed by atoms with Crippen molar-refractivity contribution in [2.45, 2.75) is 13.0 Å². The van der Waals surface area contributed by atoms with Gasteiger partial charge in [-0.15, -0.1) is 0 Å². The predicted molar refractivity (Wildman–Crippen MR) is 279 cm³/mol. The average Bonchev–Trinajstić information content (AvgIpc) is 3.71. The molecule has 310 valence electrons. The highest BCUT2D eigenvalue weighted by Crippen LogP contribution is 2.46. The number of nitrogens with one attached hydrogen (secondary N) is 1. The molecule has 0 fully saturated rings. The summed E-state index contributed by atoms with van der Waals surface area (Å²) in [5.74, 6) is 0. The highest BCUT2D eigenvalue weighted by molar-refractivity contribution is 6.22. The van der Waals surface area contributed by atoms with E-state index in [4.69, 9.17) is 4.98 Å². The third-order valence-electron chi connectivity index (χ3n) is 13.7. The summed E-state index contributed by atoms with van der Waals surface area (Å²) >= 11 is 0. The smallest absolute Gasteiger partial charge is 0.0964 e. The van der Waals surface area contributed by atoms with E-state index in [1.54, 1.807) is 0 Å². The molecule has 1 aliphatic heterocycles. The fourth-order valence-electron chi connectivity index (χ4n) is 10.7. The number of para-hydroxylation sites is 1. The predicted octanol–water partition coefficient (Wildman–Crippen LogP) is 16.3. The number of hydrogen-bond acceptors (Lipinski definition) is 2. The van der Waals surface area contributed by atoms with E-state index in [1.807, 2.05) is 6.20 Å². The molecule has 12 aromatic rings. The van der Waals surface area contributed by atoms with Crippen LogP contribution in [0.2, 0.25) is 0 Å². The number of nitrogens with zero attached hydrogens (tertiary/aromatic N) is 2. The third-order valence-corrected chi connectivity index (χ3v) is 13.7. The molecule has 3 heteroatoms. The van der Waals surface area contributed by atoms with Gasteiger partial charge in [0.05, 0.1) is 22.6 Å². The summed E-state index contributed by atoms with van der Waals surface area (Å²) in [5.41, 5.74) is 16.2. The van der Waals surface area contributed by atoms with E-state index in [2.05, 4.69) is 241 Å². The zero-order valence-electron chi connectivity index (χ0n) is 36.4. The molecule has 0 spiro atoms. The van der Waals surface area contributed by atoms with Gasteiger partial charge in [-0.2, -0.15) is 0 Å². The Labute approximate surface area is 383 Å². The maximum absolute atomic E-state index is 5.17. The fraction of sp³-hybridized carbons (Fsp3) is 0.0317. The number of pyridine rings is 1. The van der Waals surface area contributed by atoms with Gasteiger partial charge in [-0.25, -0.2) is 0 Å². The molecular weight excluding hydrogens is 799 g/mol. The molecule has 1 atom stereocenters. The summed E-state index contributed by atoms with van der Waals surface area (Å²) in [5, 5.41) is 15.2. The van der Waals surface area contributed by atoms with Crippen molar-refractivity contribution in [1.29, 1.82) is 0 Å². The van der Waals surface area contributed by atoms with Crippen molar-refractivity contribution >= 4 is 70.7 Å². The highest BCUT2D eigenvalue weighted by Gasteiger charge is 2.24. The molecule has 1 unspecified atom stereocenters. The number of hydrogen-bond donors (Lipinski definition) is 1. The number of aryl methyl sites for hydroxylation is 1. The first-order valence-electron chi connectivity index (χ1n) is 22.8. The second kappa shape index (κ2) is 15.3. The minimum atomic E-state index is -0.0536. The lowest BCUT2D eigenvalue weighted by Crippen LogP contribution is -2.21. The van der Waals surface area contributed by atoms with Gasteiger partial charge >= 0.3 is 0 Å². The fourth-order valence-corrected chi connectivity index (χ4v) is 10.7. The molecule has 66 heavy (non-hydrogen) atoms. The van der Waals surface area contributed by atoms with Gasteiger partial charge in [-0.05, 0) is 137 Å². The second-order valence-electron chi connectivity index (χ2n) is 17.6. The van der Waals surface area contributed by atoms with Crippen molar-refractivity contribution < 1.29 is 0 Å². The molecule has 0 bridgehead atoms. The van der Waals surface area contributed by atoms with Crippen LogP contribution in [0.1, 0.15) is 22.7 Å². The van der Waals surface area contributed by atoms with Gasteiger partial charge in [-0.3, -0.25) is 4.98 Å². The zero-order valence-corrected chi connectivity index (χ0v) is 36.4. The summed E-state index contributed by atoms with van der Waals surface area (Å²) in [6, 6.07) is 75.3. The number of benzene rings is 10. The average molecular weight is 842 g/mol. The first-order valence-corrected chi connectivity index (χ1v) is 22.8. The Balaban J connectivity index is 0.901. The van der Waals surface area contributed by atoms with Gasteiger partial charge < -0.3 is 9.88 Å². The van der Waals surface area contributed by atoms with Crippen LogP contribution in [0.25, 0.3) is 110 Å². The molecule has 2 aromatic heterocycles. The molecule has 0 amide bonds. The quantitative estimate of drug-likeness (QED) is 0.134. The van der Waals surface area contributed by atoms with Crippen molar-refractivity contribution in [3.05, 3.63) is 247 Å². The van der Waals surface area contributed by atoms with Crippen molar-refractivity contribution in [1.82, 2.24) is 14.9 Å². The van der Waals surface area contributed by atoms with E-state index in [0.29, 0.717) is 0 Å². The highest BCUT2D eigenvalue weighted by atomic mass is 15.0. The molecule has 3 nitrogen and oxygen atoms in total. The number of rotatable bonds is 6. The van der Waals surface area contributed by atoms with Crippen molar-refractivity contribution in [2.75, 3.05) is 0 Å². The largest absolute Gasteiger partial charge is 0.374 e. The number of fused-ring (bicyclic) bond motifs is 8. The Morgan fingerprint density at radius 1 is 0.455 bits per heavy atom. The first kappa shape index (κ1) is 38.0. The van der Waals surface area contributed by atoms with Crippen LogP contribution < -0.4 is 5.32 Å². The summed E-state index contributed by atoms with van der Waals surface area (Å²) in [6.45, 7) is 2.14. The molecular formula is C63H43N3. The van der Waals surface area contributed by atoms with Gasteiger partial charge in [0, 0.05) is 28.5 Å². The van der Waals surface area contributed by atoms with E-state index in [1.165, 1.54) is 70.9 Å². The van der Waals surface area contributed by atoms with Crippen LogP contribution in [-0.4, -0.2) is 9.55 Å². The number of dihydropyridines is 1. The maximum atomic E-state index is 5.17. The molecule has 0 saturated heterocycles. The molecule has 13 rings (SSSR count). The van der Waals surface area contributed by atoms with E-state index >= 15 is 0 Å². The van der Waals surface area contributed by atoms with Gasteiger partial charge in [0.2, 0.25) is 0 Å². The number of allylic oxidation sites excluding steroid dienone is 2. The lowest BCUT2D eigenvalue weighted by molar-refractivity contribution is 0.776. The zero-order chi connectivity index (χ0) is 43.7. The molecule has 1 N–H and O–H groups in total. The molecule has 3 heterocycles. The molecule has 1 aliphatic rings. The maximum Gasteiger partial charge on any atom is 0.0964 e. The Kier molecular flexibility index (Phi) is 8.82. The lowest BCUT2D eigenvalue weighted by atomic mass is 9.83. The third kappa shape index (κ3) is 6.16. The van der Waals surface area contributed by atoms with Crippen LogP contribution >= 0.6 is 0 Å². The van der Waals surface area contributed by atoms with Gasteiger partial charge in [0.15, 0.2) is 0 Å². The second-order valence-corrected chi connectivity index (χ2v) is 17.6. The van der Waals surface area contributed by atoms with E-state index in [9.17, 15) is 0 Å². The van der Waals surface area contributed by atoms with Gasteiger partial charge in [0.1, 0.15) is 0 Å². The van der Waals surface area contributed by atoms with E-state index in [-0.39, 0.29) is 6.04 Å². The Hall–Kier alpha value is -8.53. The Bertz CT molecular complexity index is 3930. The SMILES string of the molecule is Cc1cccc(-c2cnc3c4cc(-c5cccc(C6=CC=CC(c7c8ccccc8c(-c8cc9ccccc9c9ccccc89)c8ccccc78)N6)c5)ccc4n(-c4ccccc4)c3c2)c1. The summed E-state index contributed by atoms with van der Waals surface area (Å²) in [4.78, 5) is 5.17. The molecule has 0 radical (unpaired) electrons. The van der Waals surface area contributed by atoms with Crippen LogP contribution in [0.3, 0.4) is 0 Å². The first-order chi connectivity index (χ1) is 32.6. The van der Waals surface area contributed by atoms with Crippen LogP contribution in [0.15, 0.2) is 231 Å². The standard InChI is InChI=1S/C63H43N3/c1-40-16-13-18-41(34-40)46-38-60-63(64-39-46)56-36-43(32-33-59(56)66(60)47-21-3-2-4-22-47)42-19-14-20-45(35-42)57-30-15-31-58(65-57)62-53-28-11-9-26-51(53)61(52-27-10-12-29-54(52)62)55-37-44-17-5-6-23-48(44)49-24-7-8-25-50(49)55/h2-39,58,65H,1H3. The lowest BCUT2D eigenvalue weighted by Gasteiger charge is -2.27. The summed E-state index contributed by atoms with van der Waals surface area (Å²) in [6.07, 6.45) is 8.76. The van der Waals surface area contributed by atoms with Crippen molar-refractivity contribution in [2.24, 2.45) is 0 Å². The van der Waals surface area contributed by atoms with Crippen LogP contribution in [0.5, 0.6) is 0 Å². The molecule has 0 saturated carbocycles. The molecule has 10 aromatic carbocycles. The number of aromatic nitrogens is 2. The van der Waals surface area contributed by atoms with Gasteiger partial charge in [-0.1, -0.05) is 182 Å². The van der Waals surface area contributed by atoms with E-state index in [0.717, 1.165) is 55.6 Å². The van der Waals surface area contributed by atoms with Crippen LogP contribution in [0.4, 0.5) is 0 Å². The minimum Gasteiger partial charge on any atom is -0.374 e.